The van der Waals surface area contributed by atoms with Gasteiger partial charge in [-0.15, -0.1) is 0 Å². The van der Waals surface area contributed by atoms with E-state index in [1.165, 1.54) is 14.7 Å². The van der Waals surface area contributed by atoms with Crippen LogP contribution in [0, 0.1) is 0 Å². The molecule has 0 aliphatic carbocycles. The second kappa shape index (κ2) is 22.1. The maximum atomic E-state index is 13.0. The molecule has 2 aliphatic rings. The number of carbonyl (C=O) groups is 2. The van der Waals surface area contributed by atoms with Gasteiger partial charge in [-0.25, -0.2) is 9.78 Å². The first-order chi connectivity index (χ1) is 29.9. The molecule has 0 bridgehead atoms. The molecule has 5 aromatic rings. The zero-order valence-electron chi connectivity index (χ0n) is 35.5. The van der Waals surface area contributed by atoms with Gasteiger partial charge in [0.05, 0.1) is 63.9 Å². The van der Waals surface area contributed by atoms with Gasteiger partial charge < -0.3 is 34.6 Å². The Morgan fingerprint density at radius 2 is 1.51 bits per heavy atom. The average Bonchev–Trinajstić information content (AvgIpc) is 3.80. The number of hydrogen-bond acceptors (Lipinski definition) is 13. The van der Waals surface area contributed by atoms with Crippen LogP contribution in [0.15, 0.2) is 59.7 Å². The van der Waals surface area contributed by atoms with E-state index >= 15 is 0 Å². The highest BCUT2D eigenvalue weighted by molar-refractivity contribution is 6.00. The Morgan fingerprint density at radius 3 is 2.23 bits per heavy atom. The van der Waals surface area contributed by atoms with Crippen molar-refractivity contribution in [3.8, 4) is 11.1 Å². The molecule has 7 rings (SSSR count). The molecule has 2 saturated heterocycles. The molecule has 0 radical (unpaired) electrons. The fraction of sp³-hybridized carbons (Fsp3) is 0.523. The number of unbranched alkanes of at least 4 members (excludes halogenated alkanes) is 1. The molecule has 328 valence electrons. The molecular formula is C44H60N10O7. The van der Waals surface area contributed by atoms with Crippen molar-refractivity contribution in [3.63, 3.8) is 0 Å². The van der Waals surface area contributed by atoms with Crippen LogP contribution in [0.3, 0.4) is 0 Å². The lowest BCUT2D eigenvalue weighted by Gasteiger charge is -2.34. The molecule has 2 amide bonds. The second-order valence-electron chi connectivity index (χ2n) is 15.5. The Labute approximate surface area is 356 Å². The van der Waals surface area contributed by atoms with Crippen molar-refractivity contribution in [2.75, 3.05) is 109 Å². The number of piperazine rings is 1. The molecule has 17 nitrogen and oxygen atoms in total. The van der Waals surface area contributed by atoms with Crippen LogP contribution in [0.2, 0.25) is 0 Å². The smallest absolute Gasteiger partial charge is 0.329 e. The molecule has 0 unspecified atom stereocenters. The molecule has 2 aromatic carbocycles. The topological polar surface area (TPSA) is 182 Å². The fourth-order valence-electron chi connectivity index (χ4n) is 7.75. The van der Waals surface area contributed by atoms with Crippen molar-refractivity contribution < 1.29 is 28.5 Å². The number of aromatic nitrogens is 5. The summed E-state index contributed by atoms with van der Waals surface area (Å²) in [6.07, 6.45) is 6.66. The van der Waals surface area contributed by atoms with Gasteiger partial charge in [0, 0.05) is 94.9 Å². The zero-order chi connectivity index (χ0) is 42.4. The van der Waals surface area contributed by atoms with E-state index in [1.54, 1.807) is 7.05 Å². The molecule has 3 aromatic heterocycles. The van der Waals surface area contributed by atoms with E-state index in [4.69, 9.17) is 18.9 Å². The van der Waals surface area contributed by atoms with Crippen LogP contribution >= 0.6 is 0 Å². The summed E-state index contributed by atoms with van der Waals surface area (Å²) in [5.74, 6) is -0.0924. The van der Waals surface area contributed by atoms with E-state index < -0.39 is 11.9 Å². The van der Waals surface area contributed by atoms with Gasteiger partial charge in [-0.1, -0.05) is 37.6 Å². The number of hydrogen-bond donors (Lipinski definition) is 4. The number of piperidine rings is 1. The van der Waals surface area contributed by atoms with E-state index in [1.807, 2.05) is 30.6 Å². The van der Waals surface area contributed by atoms with Gasteiger partial charge in [0.1, 0.15) is 11.7 Å². The largest absolute Gasteiger partial charge is 0.383 e. The van der Waals surface area contributed by atoms with Crippen LogP contribution in [0.5, 0.6) is 0 Å². The van der Waals surface area contributed by atoms with Crippen molar-refractivity contribution in [2.45, 2.75) is 45.2 Å². The monoisotopic (exact) mass is 840 g/mol. The highest BCUT2D eigenvalue weighted by Gasteiger charge is 2.31. The van der Waals surface area contributed by atoms with Crippen LogP contribution in [-0.2, 0) is 42.1 Å². The van der Waals surface area contributed by atoms with Gasteiger partial charge in [-0.05, 0) is 42.2 Å². The van der Waals surface area contributed by atoms with E-state index in [-0.39, 0.29) is 18.0 Å². The summed E-state index contributed by atoms with van der Waals surface area (Å²) in [6.45, 7) is 13.8. The molecule has 0 spiro atoms. The number of imide groups is 1. The maximum Gasteiger partial charge on any atom is 0.329 e. The Bertz CT molecular complexity index is 2250. The summed E-state index contributed by atoms with van der Waals surface area (Å²) in [5.41, 5.74) is 6.33. The summed E-state index contributed by atoms with van der Waals surface area (Å²) < 4.78 is 25.8. The molecular weight excluding hydrogens is 781 g/mol. The van der Waals surface area contributed by atoms with E-state index in [2.05, 4.69) is 71.9 Å². The number of ether oxygens (including phenoxy) is 4. The van der Waals surface area contributed by atoms with Gasteiger partial charge in [0.2, 0.25) is 17.8 Å². The summed E-state index contributed by atoms with van der Waals surface area (Å²) in [5, 5.41) is 9.97. The number of rotatable bonds is 24. The molecule has 4 N–H and O–H groups in total. The van der Waals surface area contributed by atoms with E-state index in [0.29, 0.717) is 82.8 Å². The predicted octanol–water partition coefficient (Wildman–Crippen LogP) is 3.76. The van der Waals surface area contributed by atoms with E-state index in [0.717, 1.165) is 86.5 Å². The number of nitrogens with zero attached hydrogens (tertiary/aromatic N) is 6. The first-order valence-electron chi connectivity index (χ1n) is 21.6. The van der Waals surface area contributed by atoms with Crippen molar-refractivity contribution in [1.82, 2.24) is 39.2 Å². The fourth-order valence-corrected chi connectivity index (χ4v) is 7.75. The number of nitrogens with one attached hydrogen (secondary N) is 4. The van der Waals surface area contributed by atoms with Gasteiger partial charge >= 0.3 is 5.69 Å². The van der Waals surface area contributed by atoms with Gasteiger partial charge in [0.25, 0.3) is 0 Å². The van der Waals surface area contributed by atoms with Gasteiger partial charge in [0.15, 0.2) is 0 Å². The SMILES string of the molecule is CCCCNc1ncc2c(-c3ccc(CN4CCN(CCOCCOCCOCCOCCNc5ccc6c(c5)n(C)c(=O)n6[C@H]5CCC(=O)NC5=O)CC4)cc3)c[nH]c2n1. The second-order valence-corrected chi connectivity index (χ2v) is 15.5. The van der Waals surface area contributed by atoms with Gasteiger partial charge in [-0.3, -0.25) is 33.8 Å². The zero-order valence-corrected chi connectivity index (χ0v) is 35.5. The highest BCUT2D eigenvalue weighted by atomic mass is 16.6. The number of amides is 2. The van der Waals surface area contributed by atoms with Crippen LogP contribution in [0.1, 0.15) is 44.2 Å². The predicted molar refractivity (Wildman–Crippen MR) is 235 cm³/mol. The maximum absolute atomic E-state index is 13.0. The molecule has 61 heavy (non-hydrogen) atoms. The summed E-state index contributed by atoms with van der Waals surface area (Å²) in [6, 6.07) is 13.7. The molecule has 1 atom stereocenters. The third-order valence-corrected chi connectivity index (χ3v) is 11.2. The van der Waals surface area contributed by atoms with Crippen molar-refractivity contribution in [2.24, 2.45) is 7.05 Å². The summed E-state index contributed by atoms with van der Waals surface area (Å²) in [7, 11) is 1.68. The summed E-state index contributed by atoms with van der Waals surface area (Å²) >= 11 is 0. The molecule has 0 saturated carbocycles. The average molecular weight is 841 g/mol. The minimum Gasteiger partial charge on any atom is -0.383 e. The number of fused-ring (bicyclic) bond motifs is 2. The molecule has 2 aliphatic heterocycles. The number of aromatic amines is 1. The number of carbonyl (C=O) groups excluding carboxylic acids is 2. The standard InChI is InChI=1S/C44H60N10O7/c1-3-4-13-46-43-48-30-36-35(29-47-41(36)50-43)33-7-5-32(6-8-33)31-53-17-15-52(16-18-53)19-21-59-23-25-61-27-26-60-24-22-58-20-14-45-34-9-10-37-39(28-34)51(2)44(57)54(37)38-11-12-40(55)49-42(38)56/h5-10,28-30,38,45H,3-4,11-27,31H2,1-2H3,(H,49,55,56)(H2,46,47,48,50)/t38-/m0/s1. The molecule has 5 heterocycles. The van der Waals surface area contributed by atoms with Crippen molar-refractivity contribution >= 4 is 45.5 Å². The number of H-pyrrole nitrogens is 1. The normalized spacial score (nSPS) is 16.5. The summed E-state index contributed by atoms with van der Waals surface area (Å²) in [4.78, 5) is 54.4. The Hall–Kier alpha value is -5.17. The first kappa shape index (κ1) is 43.9. The van der Waals surface area contributed by atoms with Crippen LogP contribution in [-0.4, -0.2) is 144 Å². The van der Waals surface area contributed by atoms with Crippen molar-refractivity contribution in [1.29, 1.82) is 0 Å². The third kappa shape index (κ3) is 11.8. The Morgan fingerprint density at radius 1 is 0.803 bits per heavy atom. The number of imidazole rings is 1. The van der Waals surface area contributed by atoms with Gasteiger partial charge in [-0.2, -0.15) is 4.98 Å². The third-order valence-electron chi connectivity index (χ3n) is 11.2. The van der Waals surface area contributed by atoms with Crippen molar-refractivity contribution in [3.05, 3.63) is 70.9 Å². The Balaban J connectivity index is 0.676. The molecule has 2 fully saturated rings. The van der Waals surface area contributed by atoms with Crippen LogP contribution in [0.4, 0.5) is 11.6 Å². The minimum absolute atomic E-state index is 0.206. The van der Waals surface area contributed by atoms with E-state index in [9.17, 15) is 14.4 Å². The number of benzene rings is 2. The minimum atomic E-state index is -0.705. The van der Waals surface area contributed by atoms with Crippen LogP contribution < -0.4 is 21.6 Å². The molecule has 17 heteroatoms. The lowest BCUT2D eigenvalue weighted by molar-refractivity contribution is -0.135. The lowest BCUT2D eigenvalue weighted by atomic mass is 10.0. The number of anilines is 2. The Kier molecular flexibility index (Phi) is 15.9. The van der Waals surface area contributed by atoms with Crippen LogP contribution in [0.25, 0.3) is 33.2 Å². The first-order valence-corrected chi connectivity index (χ1v) is 21.6. The quantitative estimate of drug-likeness (QED) is 0.0522. The highest BCUT2D eigenvalue weighted by Crippen LogP contribution is 2.29. The number of aryl methyl sites for hydroxylation is 1. The lowest BCUT2D eigenvalue weighted by Crippen LogP contribution is -2.46.